The van der Waals surface area contributed by atoms with Gasteiger partial charge in [-0.15, -0.1) is 0 Å². The molecule has 2 heterocycles. The summed E-state index contributed by atoms with van der Waals surface area (Å²) in [4.78, 5) is 16.1. The second kappa shape index (κ2) is 7.55. The molecule has 160 valence electrons. The number of carbonyl (C=O) groups is 1. The van der Waals surface area contributed by atoms with E-state index in [0.717, 1.165) is 0 Å². The van der Waals surface area contributed by atoms with E-state index in [4.69, 9.17) is 9.31 Å². The highest BCUT2D eigenvalue weighted by atomic mass is 19.4. The fourth-order valence-electron chi connectivity index (χ4n) is 2.67. The van der Waals surface area contributed by atoms with Gasteiger partial charge in [0.05, 0.1) is 22.5 Å². The van der Waals surface area contributed by atoms with Gasteiger partial charge in [0.25, 0.3) is 0 Å². The van der Waals surface area contributed by atoms with E-state index < -0.39 is 47.6 Å². The second-order valence-electron chi connectivity index (χ2n) is 7.84. The van der Waals surface area contributed by atoms with Gasteiger partial charge in [-0.1, -0.05) is 6.07 Å². The number of hydrogen-bond donors (Lipinski definition) is 2. The number of benzene rings is 1. The lowest BCUT2D eigenvalue weighted by molar-refractivity contribution is -0.137. The first-order valence-corrected chi connectivity index (χ1v) is 9.05. The predicted octanol–water partition coefficient (Wildman–Crippen LogP) is 4.18. The third-order valence-electron chi connectivity index (χ3n) is 5.10. The maximum atomic E-state index is 13.8. The van der Waals surface area contributed by atoms with E-state index in [2.05, 4.69) is 10.3 Å². The molecule has 0 spiro atoms. The Morgan fingerprint density at radius 2 is 1.67 bits per heavy atom. The number of halogens is 4. The summed E-state index contributed by atoms with van der Waals surface area (Å²) in [6.07, 6.45) is -3.21. The smallest absolute Gasteiger partial charge is 0.399 e. The highest BCUT2D eigenvalue weighted by molar-refractivity contribution is 6.62. The molecule has 0 radical (unpaired) electrons. The minimum absolute atomic E-state index is 0.111. The van der Waals surface area contributed by atoms with Gasteiger partial charge in [0.15, 0.2) is 0 Å². The van der Waals surface area contributed by atoms with E-state index in [1.54, 1.807) is 6.07 Å². The predicted molar refractivity (Wildman–Crippen MR) is 104 cm³/mol. The molecule has 1 fully saturated rings. The number of alkyl halides is 3. The summed E-state index contributed by atoms with van der Waals surface area (Å²) in [5.74, 6) is -0.887. The minimum Gasteiger partial charge on any atom is -0.399 e. The van der Waals surface area contributed by atoms with E-state index in [0.29, 0.717) is 23.7 Å². The number of nitrogens with one attached hydrogen (secondary N) is 2. The van der Waals surface area contributed by atoms with Gasteiger partial charge in [0.1, 0.15) is 11.6 Å². The molecule has 1 aromatic carbocycles. The van der Waals surface area contributed by atoms with Crippen molar-refractivity contribution < 1.29 is 31.7 Å². The van der Waals surface area contributed by atoms with E-state index in [9.17, 15) is 22.4 Å². The number of anilines is 2. The van der Waals surface area contributed by atoms with E-state index in [1.165, 1.54) is 12.3 Å². The van der Waals surface area contributed by atoms with Gasteiger partial charge in [-0.2, -0.15) is 13.2 Å². The van der Waals surface area contributed by atoms with Crippen molar-refractivity contribution in [3.05, 3.63) is 47.9 Å². The Hall–Kier alpha value is -2.66. The minimum atomic E-state index is -4.66. The van der Waals surface area contributed by atoms with E-state index >= 15 is 0 Å². The van der Waals surface area contributed by atoms with Crippen molar-refractivity contribution in [1.82, 2.24) is 4.98 Å². The first-order valence-electron chi connectivity index (χ1n) is 9.05. The standard InChI is InChI=1S/C19H20BF4N3O3/c1-17(2)18(3,4)30-20(29-17)12-6-8-15(25-10-12)27-16(28)26-14-9-11(19(22,23)24)5-7-13(14)21/h5-10H,1-4H3,(H2,25,26,27,28). The Balaban J connectivity index is 1.66. The van der Waals surface area contributed by atoms with Crippen LogP contribution in [0.15, 0.2) is 36.5 Å². The molecular formula is C19H20BF4N3O3. The Kier molecular flexibility index (Phi) is 5.55. The van der Waals surface area contributed by atoms with Crippen molar-refractivity contribution in [2.45, 2.75) is 45.1 Å². The van der Waals surface area contributed by atoms with Gasteiger partial charge in [0.2, 0.25) is 0 Å². The zero-order valence-electron chi connectivity index (χ0n) is 16.7. The number of carbonyl (C=O) groups excluding carboxylic acids is 1. The first-order chi connectivity index (χ1) is 13.8. The summed E-state index contributed by atoms with van der Waals surface area (Å²) >= 11 is 0. The maximum Gasteiger partial charge on any atom is 0.496 e. The van der Waals surface area contributed by atoms with Crippen molar-refractivity contribution in [2.24, 2.45) is 0 Å². The highest BCUT2D eigenvalue weighted by Crippen LogP contribution is 2.36. The van der Waals surface area contributed by atoms with Gasteiger partial charge in [-0.25, -0.2) is 14.2 Å². The molecule has 0 bridgehead atoms. The average molecular weight is 425 g/mol. The van der Waals surface area contributed by atoms with Gasteiger partial charge < -0.3 is 14.6 Å². The molecule has 1 aliphatic heterocycles. The summed E-state index contributed by atoms with van der Waals surface area (Å²) in [6.45, 7) is 7.64. The van der Waals surface area contributed by atoms with E-state index in [-0.39, 0.29) is 5.82 Å². The molecule has 3 rings (SSSR count). The molecule has 1 aromatic heterocycles. The first kappa shape index (κ1) is 22.0. The number of nitrogens with zero attached hydrogens (tertiary/aromatic N) is 1. The molecule has 0 aliphatic carbocycles. The summed E-state index contributed by atoms with van der Waals surface area (Å²) < 4.78 is 63.9. The van der Waals surface area contributed by atoms with Crippen molar-refractivity contribution in [3.8, 4) is 0 Å². The van der Waals surface area contributed by atoms with Crippen LogP contribution in [0.2, 0.25) is 0 Å². The Bertz CT molecular complexity index is 933. The molecule has 2 amide bonds. The van der Waals surface area contributed by atoms with Crippen LogP contribution in [0.5, 0.6) is 0 Å². The Morgan fingerprint density at radius 3 is 2.20 bits per heavy atom. The molecule has 0 saturated carbocycles. The Morgan fingerprint density at radius 1 is 1.03 bits per heavy atom. The topological polar surface area (TPSA) is 72.5 Å². The lowest BCUT2D eigenvalue weighted by Gasteiger charge is -2.32. The zero-order valence-corrected chi connectivity index (χ0v) is 16.7. The second-order valence-corrected chi connectivity index (χ2v) is 7.84. The van der Waals surface area contributed by atoms with Gasteiger partial charge in [-0.05, 0) is 52.0 Å². The molecule has 2 aromatic rings. The third-order valence-corrected chi connectivity index (χ3v) is 5.10. The Labute approximate surface area is 171 Å². The SMILES string of the molecule is CC1(C)OB(c2ccc(NC(=O)Nc3cc(C(F)(F)F)ccc3F)nc2)OC1(C)C. The zero-order chi connectivity index (χ0) is 22.3. The van der Waals surface area contributed by atoms with Crippen LogP contribution in [0.1, 0.15) is 33.3 Å². The summed E-state index contributed by atoms with van der Waals surface area (Å²) in [7, 11) is -0.635. The highest BCUT2D eigenvalue weighted by Gasteiger charge is 2.51. The van der Waals surface area contributed by atoms with Crippen LogP contribution in [0.3, 0.4) is 0 Å². The molecule has 6 nitrogen and oxygen atoms in total. The number of hydrogen-bond acceptors (Lipinski definition) is 4. The fraction of sp³-hybridized carbons (Fsp3) is 0.368. The molecule has 1 saturated heterocycles. The van der Waals surface area contributed by atoms with Crippen molar-refractivity contribution in [1.29, 1.82) is 0 Å². The number of amides is 2. The lowest BCUT2D eigenvalue weighted by Crippen LogP contribution is -2.41. The van der Waals surface area contributed by atoms with Crippen LogP contribution in [-0.4, -0.2) is 29.3 Å². The molecule has 0 unspecified atom stereocenters. The van der Waals surface area contributed by atoms with E-state index in [1.807, 2.05) is 33.0 Å². The quantitative estimate of drug-likeness (QED) is 0.572. The van der Waals surface area contributed by atoms with Crippen LogP contribution < -0.4 is 16.1 Å². The summed E-state index contributed by atoms with van der Waals surface area (Å²) in [5.41, 5.74) is -2.10. The summed E-state index contributed by atoms with van der Waals surface area (Å²) in [5, 5.41) is 4.38. The average Bonchev–Trinajstić information content (AvgIpc) is 2.84. The van der Waals surface area contributed by atoms with Gasteiger partial charge >= 0.3 is 19.3 Å². The maximum absolute atomic E-state index is 13.8. The number of pyridine rings is 1. The molecule has 30 heavy (non-hydrogen) atoms. The third kappa shape index (κ3) is 4.57. The van der Waals surface area contributed by atoms with Crippen molar-refractivity contribution in [2.75, 3.05) is 10.6 Å². The largest absolute Gasteiger partial charge is 0.496 e. The van der Waals surface area contributed by atoms with Crippen LogP contribution >= 0.6 is 0 Å². The van der Waals surface area contributed by atoms with Gasteiger partial charge in [-0.3, -0.25) is 5.32 Å². The van der Waals surface area contributed by atoms with Crippen LogP contribution in [-0.2, 0) is 15.5 Å². The number of aromatic nitrogens is 1. The van der Waals surface area contributed by atoms with Crippen LogP contribution in [0.4, 0.5) is 33.9 Å². The number of rotatable bonds is 3. The van der Waals surface area contributed by atoms with Crippen LogP contribution in [0.25, 0.3) is 0 Å². The molecule has 0 atom stereocenters. The molecule has 1 aliphatic rings. The molecule has 11 heteroatoms. The number of urea groups is 1. The monoisotopic (exact) mass is 425 g/mol. The summed E-state index contributed by atoms with van der Waals surface area (Å²) in [6, 6.07) is 3.91. The normalized spacial score (nSPS) is 17.7. The fourth-order valence-corrected chi connectivity index (χ4v) is 2.67. The van der Waals surface area contributed by atoms with Crippen molar-refractivity contribution in [3.63, 3.8) is 0 Å². The molecule has 2 N–H and O–H groups in total. The van der Waals surface area contributed by atoms with Gasteiger partial charge in [0, 0.05) is 11.7 Å². The van der Waals surface area contributed by atoms with Crippen molar-refractivity contribution >= 4 is 30.1 Å². The lowest BCUT2D eigenvalue weighted by atomic mass is 9.80. The molecular weight excluding hydrogens is 405 g/mol. The van der Waals surface area contributed by atoms with Crippen LogP contribution in [0, 0.1) is 5.82 Å².